The summed E-state index contributed by atoms with van der Waals surface area (Å²) in [7, 11) is -3.45. The van der Waals surface area contributed by atoms with Crippen molar-refractivity contribution >= 4 is 27.3 Å². The zero-order valence-electron chi connectivity index (χ0n) is 14.4. The number of benzene rings is 1. The molecule has 152 valence electrons. The molecular weight excluding hydrogens is 421 g/mol. The number of alkyl halides is 3. The van der Waals surface area contributed by atoms with Gasteiger partial charge in [-0.15, -0.1) is 0 Å². The standard InChI is InChI=1S/C17H16ClF3N2O4S/c18-14-9-12(10-23-16(14)27-11-17(19,20)21)15(24)22-7-4-8-28(25,26)13-5-2-1-3-6-13/h1-3,5-6,9-10H,4,7-8,11H2,(H,22,24). The third-order valence-electron chi connectivity index (χ3n) is 3.42. The minimum atomic E-state index is -4.54. The highest BCUT2D eigenvalue weighted by molar-refractivity contribution is 7.91. The average Bonchev–Trinajstić information content (AvgIpc) is 2.64. The number of carbonyl (C=O) groups excluding carboxylic acids is 1. The van der Waals surface area contributed by atoms with Crippen LogP contribution in [0.25, 0.3) is 0 Å². The second-order valence-corrected chi connectivity index (χ2v) is 8.17. The van der Waals surface area contributed by atoms with Gasteiger partial charge in [0.25, 0.3) is 5.91 Å². The molecular formula is C17H16ClF3N2O4S. The first kappa shape index (κ1) is 22.0. The van der Waals surface area contributed by atoms with Crippen molar-refractivity contribution in [1.82, 2.24) is 10.3 Å². The summed E-state index contributed by atoms with van der Waals surface area (Å²) < 4.78 is 65.1. The van der Waals surface area contributed by atoms with Crippen molar-refractivity contribution in [2.24, 2.45) is 0 Å². The van der Waals surface area contributed by atoms with Crippen LogP contribution in [0.5, 0.6) is 5.88 Å². The van der Waals surface area contributed by atoms with E-state index in [2.05, 4.69) is 15.0 Å². The first-order valence-corrected chi connectivity index (χ1v) is 10.0. The maximum absolute atomic E-state index is 12.1. The van der Waals surface area contributed by atoms with Gasteiger partial charge in [-0.25, -0.2) is 13.4 Å². The molecule has 0 spiro atoms. The Bertz CT molecular complexity index is 922. The Morgan fingerprint density at radius 2 is 1.89 bits per heavy atom. The van der Waals surface area contributed by atoms with Crippen LogP contribution in [0.4, 0.5) is 13.2 Å². The largest absolute Gasteiger partial charge is 0.467 e. The highest BCUT2D eigenvalue weighted by atomic mass is 35.5. The van der Waals surface area contributed by atoms with Crippen LogP contribution in [0.15, 0.2) is 47.5 Å². The third kappa shape index (κ3) is 6.68. The van der Waals surface area contributed by atoms with Gasteiger partial charge in [0.1, 0.15) is 5.02 Å². The molecule has 1 aromatic heterocycles. The number of nitrogens with zero attached hydrogens (tertiary/aromatic N) is 1. The van der Waals surface area contributed by atoms with Gasteiger partial charge >= 0.3 is 6.18 Å². The van der Waals surface area contributed by atoms with E-state index < -0.39 is 34.4 Å². The van der Waals surface area contributed by atoms with Crippen LogP contribution in [0.3, 0.4) is 0 Å². The predicted molar refractivity (Wildman–Crippen MR) is 96.2 cm³/mol. The number of amides is 1. The summed E-state index contributed by atoms with van der Waals surface area (Å²) in [5, 5.41) is 2.26. The maximum Gasteiger partial charge on any atom is 0.422 e. The molecule has 0 radical (unpaired) electrons. The van der Waals surface area contributed by atoms with E-state index in [-0.39, 0.29) is 34.2 Å². The van der Waals surface area contributed by atoms with Crippen LogP contribution in [-0.4, -0.2) is 44.4 Å². The molecule has 1 N–H and O–H groups in total. The number of carbonyl (C=O) groups is 1. The molecule has 2 aromatic rings. The van der Waals surface area contributed by atoms with Gasteiger partial charge in [-0.1, -0.05) is 29.8 Å². The zero-order chi connectivity index (χ0) is 20.8. The number of aromatic nitrogens is 1. The van der Waals surface area contributed by atoms with E-state index in [1.54, 1.807) is 18.2 Å². The van der Waals surface area contributed by atoms with Crippen molar-refractivity contribution in [2.75, 3.05) is 18.9 Å². The monoisotopic (exact) mass is 436 g/mol. The minimum Gasteiger partial charge on any atom is -0.467 e. The van der Waals surface area contributed by atoms with E-state index in [0.717, 1.165) is 12.3 Å². The van der Waals surface area contributed by atoms with Gasteiger partial charge in [0.15, 0.2) is 16.4 Å². The van der Waals surface area contributed by atoms with E-state index in [4.69, 9.17) is 11.6 Å². The van der Waals surface area contributed by atoms with E-state index in [1.165, 1.54) is 12.1 Å². The number of pyridine rings is 1. The lowest BCUT2D eigenvalue weighted by molar-refractivity contribution is -0.154. The van der Waals surface area contributed by atoms with Gasteiger partial charge in [-0.3, -0.25) is 4.79 Å². The molecule has 2 rings (SSSR count). The minimum absolute atomic E-state index is 0.00951. The van der Waals surface area contributed by atoms with E-state index in [1.807, 2.05) is 0 Å². The Morgan fingerprint density at radius 1 is 1.21 bits per heavy atom. The van der Waals surface area contributed by atoms with Crippen molar-refractivity contribution in [3.05, 3.63) is 53.2 Å². The van der Waals surface area contributed by atoms with Gasteiger partial charge in [0.05, 0.1) is 16.2 Å². The molecule has 0 aliphatic heterocycles. The highest BCUT2D eigenvalue weighted by Crippen LogP contribution is 2.25. The number of halogens is 4. The molecule has 1 aromatic carbocycles. The Kier molecular flexibility index (Phi) is 7.25. The van der Waals surface area contributed by atoms with Gasteiger partial charge in [0, 0.05) is 12.7 Å². The summed E-state index contributed by atoms with van der Waals surface area (Å²) in [5.74, 6) is -1.18. The summed E-state index contributed by atoms with van der Waals surface area (Å²) >= 11 is 5.78. The molecule has 1 heterocycles. The molecule has 0 aliphatic rings. The van der Waals surface area contributed by atoms with Crippen LogP contribution in [0.2, 0.25) is 5.02 Å². The quantitative estimate of drug-likeness (QED) is 0.642. The normalized spacial score (nSPS) is 11.9. The zero-order valence-corrected chi connectivity index (χ0v) is 15.9. The average molecular weight is 437 g/mol. The van der Waals surface area contributed by atoms with Crippen molar-refractivity contribution in [1.29, 1.82) is 0 Å². The van der Waals surface area contributed by atoms with Crippen LogP contribution < -0.4 is 10.1 Å². The smallest absolute Gasteiger partial charge is 0.422 e. The summed E-state index contributed by atoms with van der Waals surface area (Å²) in [6.07, 6.45) is -3.34. The second kappa shape index (κ2) is 9.24. The van der Waals surface area contributed by atoms with E-state index in [0.29, 0.717) is 0 Å². The first-order valence-electron chi connectivity index (χ1n) is 7.99. The van der Waals surface area contributed by atoms with E-state index >= 15 is 0 Å². The number of rotatable bonds is 8. The van der Waals surface area contributed by atoms with Crippen molar-refractivity contribution in [3.8, 4) is 5.88 Å². The van der Waals surface area contributed by atoms with Crippen molar-refractivity contribution < 1.29 is 31.1 Å². The summed E-state index contributed by atoms with van der Waals surface area (Å²) in [5.41, 5.74) is 0.00951. The molecule has 0 aliphatic carbocycles. The lowest BCUT2D eigenvalue weighted by Crippen LogP contribution is -2.26. The molecule has 6 nitrogen and oxygen atoms in total. The Hall–Kier alpha value is -2.33. The topological polar surface area (TPSA) is 85.4 Å². The molecule has 0 saturated heterocycles. The highest BCUT2D eigenvalue weighted by Gasteiger charge is 2.29. The number of ether oxygens (including phenoxy) is 1. The van der Waals surface area contributed by atoms with Crippen LogP contribution >= 0.6 is 11.6 Å². The molecule has 28 heavy (non-hydrogen) atoms. The number of hydrogen-bond acceptors (Lipinski definition) is 5. The van der Waals surface area contributed by atoms with Gasteiger partial charge in [-0.2, -0.15) is 13.2 Å². The van der Waals surface area contributed by atoms with Gasteiger partial charge < -0.3 is 10.1 Å². The Labute approximate surface area is 164 Å². The number of nitrogens with one attached hydrogen (secondary N) is 1. The lowest BCUT2D eigenvalue weighted by Gasteiger charge is -2.10. The molecule has 11 heteroatoms. The Morgan fingerprint density at radius 3 is 2.50 bits per heavy atom. The maximum atomic E-state index is 12.1. The third-order valence-corrected chi connectivity index (χ3v) is 5.51. The summed E-state index contributed by atoms with van der Waals surface area (Å²) in [4.78, 5) is 15.8. The fourth-order valence-corrected chi connectivity index (χ4v) is 3.67. The lowest BCUT2D eigenvalue weighted by atomic mass is 10.2. The van der Waals surface area contributed by atoms with Crippen LogP contribution in [0.1, 0.15) is 16.8 Å². The van der Waals surface area contributed by atoms with Crippen LogP contribution in [0, 0.1) is 0 Å². The number of sulfone groups is 1. The van der Waals surface area contributed by atoms with Gasteiger partial charge in [0.2, 0.25) is 5.88 Å². The molecule has 0 bridgehead atoms. The SMILES string of the molecule is O=C(NCCCS(=O)(=O)c1ccccc1)c1cnc(OCC(F)(F)F)c(Cl)c1. The molecule has 1 amide bonds. The molecule has 0 unspecified atom stereocenters. The fourth-order valence-electron chi connectivity index (χ4n) is 2.12. The van der Waals surface area contributed by atoms with Gasteiger partial charge in [-0.05, 0) is 24.6 Å². The predicted octanol–water partition coefficient (Wildman–Crippen LogP) is 3.27. The van der Waals surface area contributed by atoms with Crippen molar-refractivity contribution in [3.63, 3.8) is 0 Å². The summed E-state index contributed by atoms with van der Waals surface area (Å²) in [6, 6.07) is 9.04. The van der Waals surface area contributed by atoms with Crippen LogP contribution in [-0.2, 0) is 9.84 Å². The summed E-state index contributed by atoms with van der Waals surface area (Å²) in [6.45, 7) is -1.48. The van der Waals surface area contributed by atoms with Crippen molar-refractivity contribution in [2.45, 2.75) is 17.5 Å². The Balaban J connectivity index is 1.85. The number of hydrogen-bond donors (Lipinski definition) is 1. The van der Waals surface area contributed by atoms with E-state index in [9.17, 15) is 26.4 Å². The molecule has 0 saturated carbocycles. The second-order valence-electron chi connectivity index (χ2n) is 5.66. The molecule has 0 fully saturated rings. The molecule has 0 atom stereocenters. The fraction of sp³-hybridized carbons (Fsp3) is 0.294. The first-order chi connectivity index (χ1) is 13.1.